The summed E-state index contributed by atoms with van der Waals surface area (Å²) in [5, 5.41) is 0. The monoisotopic (exact) mass is 207 g/mol. The van der Waals surface area contributed by atoms with Gasteiger partial charge in [0.25, 0.3) is 0 Å². The molecule has 0 atom stereocenters. The molecule has 0 amide bonds. The van der Waals surface area contributed by atoms with Crippen LogP contribution in [-0.2, 0) is 16.1 Å². The minimum atomic E-state index is -0.108. The first-order valence-electron chi connectivity index (χ1n) is 5.33. The van der Waals surface area contributed by atoms with E-state index in [1.807, 2.05) is 26.0 Å². The molecule has 0 radical (unpaired) electrons. The Morgan fingerprint density at radius 2 is 2.20 bits per heavy atom. The molecule has 0 fully saturated rings. The number of hydrogen-bond donors (Lipinski definition) is 0. The number of nitrogens with zero attached hydrogens (tertiary/aromatic N) is 1. The lowest BCUT2D eigenvalue weighted by Gasteiger charge is -2.11. The maximum absolute atomic E-state index is 11.5. The zero-order valence-electron chi connectivity index (χ0n) is 9.27. The minimum Gasteiger partial charge on any atom is -0.461 e. The fourth-order valence-corrected chi connectivity index (χ4v) is 1.38. The van der Waals surface area contributed by atoms with Gasteiger partial charge in [-0.1, -0.05) is 19.9 Å². The number of aromatic nitrogens is 1. The summed E-state index contributed by atoms with van der Waals surface area (Å²) in [6.07, 6.45) is 5.08. The number of pyridine rings is 1. The molecule has 3 nitrogen and oxygen atoms in total. The highest BCUT2D eigenvalue weighted by molar-refractivity contribution is 5.72. The molecule has 1 aromatic rings. The van der Waals surface area contributed by atoms with E-state index in [4.69, 9.17) is 4.74 Å². The number of carbonyl (C=O) groups excluding carboxylic acids is 1. The van der Waals surface area contributed by atoms with Crippen LogP contribution in [0.4, 0.5) is 0 Å². The summed E-state index contributed by atoms with van der Waals surface area (Å²) in [5.74, 6) is -0.0782. The van der Waals surface area contributed by atoms with Gasteiger partial charge in [0, 0.05) is 18.0 Å². The van der Waals surface area contributed by atoms with E-state index in [0.29, 0.717) is 6.61 Å². The largest absolute Gasteiger partial charge is 0.461 e. The fraction of sp³-hybridized carbons (Fsp3) is 0.500. The van der Waals surface area contributed by atoms with Crippen LogP contribution in [0, 0.1) is 5.92 Å². The molecule has 0 aromatic carbocycles. The number of hydrogen-bond acceptors (Lipinski definition) is 3. The molecule has 1 aromatic heterocycles. The predicted molar refractivity (Wildman–Crippen MR) is 58.1 cm³/mol. The van der Waals surface area contributed by atoms with Crippen molar-refractivity contribution >= 4 is 5.97 Å². The first-order chi connectivity index (χ1) is 7.27. The summed E-state index contributed by atoms with van der Waals surface area (Å²) in [7, 11) is 0. The minimum absolute atomic E-state index is 0.0293. The molecule has 0 saturated heterocycles. The molecule has 15 heavy (non-hydrogen) atoms. The SMILES string of the molecule is CCC(CC)C(=O)OCc1cccnc1. The van der Waals surface area contributed by atoms with Crippen LogP contribution < -0.4 is 0 Å². The van der Waals surface area contributed by atoms with Crippen LogP contribution in [0.25, 0.3) is 0 Å². The second kappa shape index (κ2) is 6.17. The Morgan fingerprint density at radius 1 is 1.47 bits per heavy atom. The first-order valence-corrected chi connectivity index (χ1v) is 5.33. The van der Waals surface area contributed by atoms with Gasteiger partial charge in [0.15, 0.2) is 0 Å². The quantitative estimate of drug-likeness (QED) is 0.696. The Labute approximate surface area is 90.5 Å². The lowest BCUT2D eigenvalue weighted by atomic mass is 10.0. The normalized spacial score (nSPS) is 10.3. The standard InChI is InChI=1S/C12H17NO2/c1-3-11(4-2)12(14)15-9-10-6-5-7-13-8-10/h5-8,11H,3-4,9H2,1-2H3. The van der Waals surface area contributed by atoms with Gasteiger partial charge >= 0.3 is 5.97 Å². The van der Waals surface area contributed by atoms with Crippen molar-refractivity contribution in [3.63, 3.8) is 0 Å². The lowest BCUT2D eigenvalue weighted by Crippen LogP contribution is -2.16. The molecule has 1 heterocycles. The molecule has 3 heteroatoms. The van der Waals surface area contributed by atoms with Gasteiger partial charge < -0.3 is 4.74 Å². The van der Waals surface area contributed by atoms with Crippen molar-refractivity contribution < 1.29 is 9.53 Å². The topological polar surface area (TPSA) is 39.2 Å². The number of ether oxygens (including phenoxy) is 1. The van der Waals surface area contributed by atoms with Crippen molar-refractivity contribution in [2.75, 3.05) is 0 Å². The lowest BCUT2D eigenvalue weighted by molar-refractivity contribution is -0.150. The second-order valence-corrected chi connectivity index (χ2v) is 3.48. The zero-order valence-corrected chi connectivity index (χ0v) is 9.27. The van der Waals surface area contributed by atoms with Crippen molar-refractivity contribution in [3.8, 4) is 0 Å². The van der Waals surface area contributed by atoms with Gasteiger partial charge in [-0.2, -0.15) is 0 Å². The van der Waals surface area contributed by atoms with Crippen molar-refractivity contribution in [1.29, 1.82) is 0 Å². The molecule has 0 bridgehead atoms. The molecule has 0 N–H and O–H groups in total. The maximum Gasteiger partial charge on any atom is 0.309 e. The van der Waals surface area contributed by atoms with E-state index in [1.54, 1.807) is 12.4 Å². The van der Waals surface area contributed by atoms with Gasteiger partial charge in [-0.25, -0.2) is 0 Å². The zero-order chi connectivity index (χ0) is 11.1. The predicted octanol–water partition coefficient (Wildman–Crippen LogP) is 2.56. The van der Waals surface area contributed by atoms with Gasteiger partial charge in [0.05, 0.1) is 5.92 Å². The smallest absolute Gasteiger partial charge is 0.309 e. The number of rotatable bonds is 5. The Morgan fingerprint density at radius 3 is 2.73 bits per heavy atom. The van der Waals surface area contributed by atoms with Crippen molar-refractivity contribution in [3.05, 3.63) is 30.1 Å². The number of carbonyl (C=O) groups is 1. The van der Waals surface area contributed by atoms with Gasteiger partial charge in [-0.05, 0) is 18.9 Å². The van der Waals surface area contributed by atoms with Crippen LogP contribution in [0.1, 0.15) is 32.3 Å². The molecular formula is C12H17NO2. The summed E-state index contributed by atoms with van der Waals surface area (Å²) >= 11 is 0. The summed E-state index contributed by atoms with van der Waals surface area (Å²) < 4.78 is 5.19. The highest BCUT2D eigenvalue weighted by Gasteiger charge is 2.15. The van der Waals surface area contributed by atoms with E-state index >= 15 is 0 Å². The highest BCUT2D eigenvalue weighted by atomic mass is 16.5. The molecular weight excluding hydrogens is 190 g/mol. The van der Waals surface area contributed by atoms with Crippen LogP contribution >= 0.6 is 0 Å². The molecule has 0 aliphatic heterocycles. The number of esters is 1. The molecule has 82 valence electrons. The third kappa shape index (κ3) is 3.70. The second-order valence-electron chi connectivity index (χ2n) is 3.48. The molecule has 0 aliphatic rings. The van der Waals surface area contributed by atoms with Crippen molar-refractivity contribution in [2.24, 2.45) is 5.92 Å². The molecule has 0 aliphatic carbocycles. The fourth-order valence-electron chi connectivity index (χ4n) is 1.38. The Kier molecular flexibility index (Phi) is 4.81. The van der Waals surface area contributed by atoms with Crippen LogP contribution in [0.5, 0.6) is 0 Å². The third-order valence-corrected chi connectivity index (χ3v) is 2.42. The summed E-state index contributed by atoms with van der Waals surface area (Å²) in [4.78, 5) is 15.5. The maximum atomic E-state index is 11.5. The van der Waals surface area contributed by atoms with Crippen molar-refractivity contribution in [2.45, 2.75) is 33.3 Å². The average molecular weight is 207 g/mol. The highest BCUT2D eigenvalue weighted by Crippen LogP contribution is 2.11. The van der Waals surface area contributed by atoms with E-state index in [0.717, 1.165) is 18.4 Å². The van der Waals surface area contributed by atoms with Crippen LogP contribution in [-0.4, -0.2) is 11.0 Å². The third-order valence-electron chi connectivity index (χ3n) is 2.42. The Hall–Kier alpha value is -1.38. The van der Waals surface area contributed by atoms with E-state index in [-0.39, 0.29) is 11.9 Å². The molecule has 0 spiro atoms. The van der Waals surface area contributed by atoms with Crippen LogP contribution in [0.15, 0.2) is 24.5 Å². The molecule has 1 rings (SSSR count). The first kappa shape index (κ1) is 11.7. The van der Waals surface area contributed by atoms with Crippen LogP contribution in [0.2, 0.25) is 0 Å². The average Bonchev–Trinajstić information content (AvgIpc) is 2.29. The van der Waals surface area contributed by atoms with E-state index in [2.05, 4.69) is 4.98 Å². The Balaban J connectivity index is 2.40. The van der Waals surface area contributed by atoms with Gasteiger partial charge in [-0.3, -0.25) is 9.78 Å². The summed E-state index contributed by atoms with van der Waals surface area (Å²) in [6, 6.07) is 3.73. The molecule has 0 saturated carbocycles. The Bertz CT molecular complexity index is 294. The van der Waals surface area contributed by atoms with E-state index in [1.165, 1.54) is 0 Å². The van der Waals surface area contributed by atoms with E-state index < -0.39 is 0 Å². The summed E-state index contributed by atoms with van der Waals surface area (Å²) in [5.41, 5.74) is 0.928. The summed E-state index contributed by atoms with van der Waals surface area (Å²) in [6.45, 7) is 4.32. The van der Waals surface area contributed by atoms with Crippen LogP contribution in [0.3, 0.4) is 0 Å². The van der Waals surface area contributed by atoms with E-state index in [9.17, 15) is 4.79 Å². The van der Waals surface area contributed by atoms with Gasteiger partial charge in [-0.15, -0.1) is 0 Å². The van der Waals surface area contributed by atoms with Crippen molar-refractivity contribution in [1.82, 2.24) is 4.98 Å². The van der Waals surface area contributed by atoms with Gasteiger partial charge in [0.2, 0.25) is 0 Å². The van der Waals surface area contributed by atoms with Gasteiger partial charge in [0.1, 0.15) is 6.61 Å². The molecule has 0 unspecified atom stereocenters.